The zero-order chi connectivity index (χ0) is 10.5. The largest absolute Gasteiger partial charge is 0.232 e. The number of hydrogen-bond acceptors (Lipinski definition) is 1. The second-order valence-corrected chi connectivity index (χ2v) is 5.57. The molecule has 0 aromatic heterocycles. The smallest absolute Gasteiger partial charge is 0.187 e. The van der Waals surface area contributed by atoms with Crippen molar-refractivity contribution in [3.63, 3.8) is 0 Å². The molecule has 2 heteroatoms. The van der Waals surface area contributed by atoms with Crippen LogP contribution < -0.4 is 4.90 Å². The summed E-state index contributed by atoms with van der Waals surface area (Å²) in [7, 11) is 0. The van der Waals surface area contributed by atoms with E-state index in [1.807, 2.05) is 12.1 Å². The SMILES string of the molecule is CC12[CH+]N(c3[c-]cccc3)C(C)(CC1)C2.[Ir]. The van der Waals surface area contributed by atoms with Gasteiger partial charge in [0.1, 0.15) is 5.41 Å². The molecule has 0 N–H and O–H groups in total. The van der Waals surface area contributed by atoms with E-state index in [-0.39, 0.29) is 20.1 Å². The number of rotatable bonds is 1. The van der Waals surface area contributed by atoms with Crippen LogP contribution in [-0.2, 0) is 20.1 Å². The van der Waals surface area contributed by atoms with Crippen LogP contribution in [0.5, 0.6) is 0 Å². The number of benzene rings is 1. The summed E-state index contributed by atoms with van der Waals surface area (Å²) in [6.45, 7) is 7.17. The Balaban J connectivity index is 0.000000963. The molecule has 1 saturated carbocycles. The van der Waals surface area contributed by atoms with E-state index in [1.165, 1.54) is 24.9 Å². The summed E-state index contributed by atoms with van der Waals surface area (Å²) < 4.78 is 0. The average Bonchev–Trinajstić information content (AvgIpc) is 2.68. The zero-order valence-corrected chi connectivity index (χ0v) is 12.2. The van der Waals surface area contributed by atoms with Crippen molar-refractivity contribution in [3.8, 4) is 0 Å². The molecule has 16 heavy (non-hydrogen) atoms. The van der Waals surface area contributed by atoms with Gasteiger partial charge in [0, 0.05) is 26.5 Å². The van der Waals surface area contributed by atoms with Crippen LogP contribution in [0, 0.1) is 18.0 Å². The minimum Gasteiger partial charge on any atom is -0.232 e. The Morgan fingerprint density at radius 1 is 1.31 bits per heavy atom. The first kappa shape index (κ1) is 12.0. The predicted octanol–water partition coefficient (Wildman–Crippen LogP) is 3.41. The number of nitrogens with zero attached hydrogens (tertiary/aromatic N) is 1. The van der Waals surface area contributed by atoms with E-state index in [0.717, 1.165) is 0 Å². The molecule has 1 aromatic carbocycles. The molecule has 2 aliphatic rings. The molecular formula is C14H17IrN. The molecule has 1 aromatic rings. The van der Waals surface area contributed by atoms with Crippen LogP contribution in [0.15, 0.2) is 24.3 Å². The van der Waals surface area contributed by atoms with Gasteiger partial charge in [0.05, 0.1) is 5.54 Å². The third kappa shape index (κ3) is 1.69. The summed E-state index contributed by atoms with van der Waals surface area (Å²) in [5, 5.41) is 0. The third-order valence-electron chi connectivity index (χ3n) is 3.99. The van der Waals surface area contributed by atoms with Crippen LogP contribution in [0.1, 0.15) is 33.1 Å². The Kier molecular flexibility index (Phi) is 2.84. The number of piperidine rings is 1. The van der Waals surface area contributed by atoms with Gasteiger partial charge in [-0.2, -0.15) is 24.3 Å². The van der Waals surface area contributed by atoms with Crippen molar-refractivity contribution in [1.29, 1.82) is 0 Å². The van der Waals surface area contributed by atoms with E-state index in [9.17, 15) is 0 Å². The molecule has 3 rings (SSSR count). The minimum atomic E-state index is 0. The van der Waals surface area contributed by atoms with Gasteiger partial charge in [-0.15, -0.1) is 6.07 Å². The second-order valence-electron chi connectivity index (χ2n) is 5.57. The van der Waals surface area contributed by atoms with E-state index >= 15 is 0 Å². The summed E-state index contributed by atoms with van der Waals surface area (Å²) in [5.74, 6) is 0. The van der Waals surface area contributed by atoms with Gasteiger partial charge in [-0.3, -0.25) is 0 Å². The molecule has 2 bridgehead atoms. The van der Waals surface area contributed by atoms with Crippen molar-refractivity contribution in [1.82, 2.24) is 0 Å². The molecule has 2 atom stereocenters. The quantitative estimate of drug-likeness (QED) is 0.663. The van der Waals surface area contributed by atoms with E-state index in [2.05, 4.69) is 43.5 Å². The van der Waals surface area contributed by atoms with Gasteiger partial charge in [-0.1, -0.05) is 0 Å². The molecular weight excluding hydrogens is 374 g/mol. The average molecular weight is 392 g/mol. The van der Waals surface area contributed by atoms with Crippen LogP contribution in [0.4, 0.5) is 5.69 Å². The molecule has 2 fully saturated rings. The van der Waals surface area contributed by atoms with Crippen LogP contribution in [0.3, 0.4) is 0 Å². The van der Waals surface area contributed by atoms with E-state index in [1.54, 1.807) is 0 Å². The minimum absolute atomic E-state index is 0. The fourth-order valence-corrected chi connectivity index (χ4v) is 3.28. The fourth-order valence-electron chi connectivity index (χ4n) is 3.28. The Morgan fingerprint density at radius 2 is 2.12 bits per heavy atom. The Hall–Kier alpha value is -0.461. The molecule has 1 saturated heterocycles. The summed E-state index contributed by atoms with van der Waals surface area (Å²) >= 11 is 0. The van der Waals surface area contributed by atoms with E-state index in [4.69, 9.17) is 0 Å². The Labute approximate surface area is 112 Å². The molecule has 1 aliphatic heterocycles. The van der Waals surface area contributed by atoms with Gasteiger partial charge in [-0.25, -0.2) is 4.90 Å². The summed E-state index contributed by atoms with van der Waals surface area (Å²) in [4.78, 5) is 2.44. The number of hydrogen-bond donors (Lipinski definition) is 0. The molecule has 1 heterocycles. The number of anilines is 1. The van der Waals surface area contributed by atoms with Crippen LogP contribution in [-0.4, -0.2) is 5.54 Å². The normalized spacial score (nSPS) is 35.8. The van der Waals surface area contributed by atoms with Gasteiger partial charge < -0.3 is 0 Å². The van der Waals surface area contributed by atoms with Gasteiger partial charge in [-0.05, 0) is 32.4 Å². The molecule has 0 amide bonds. The van der Waals surface area contributed by atoms with Crippen molar-refractivity contribution in [3.05, 3.63) is 36.9 Å². The first-order valence-corrected chi connectivity index (χ1v) is 5.74. The van der Waals surface area contributed by atoms with Gasteiger partial charge in [0.2, 0.25) is 0 Å². The molecule has 1 aliphatic carbocycles. The van der Waals surface area contributed by atoms with Crippen molar-refractivity contribution in [2.45, 2.75) is 38.6 Å². The van der Waals surface area contributed by atoms with Crippen LogP contribution in [0.25, 0.3) is 0 Å². The third-order valence-corrected chi connectivity index (χ3v) is 3.99. The van der Waals surface area contributed by atoms with Crippen molar-refractivity contribution in [2.24, 2.45) is 5.41 Å². The van der Waals surface area contributed by atoms with Crippen LogP contribution in [0.2, 0.25) is 0 Å². The number of fused-ring (bicyclic) bond motifs is 2. The maximum Gasteiger partial charge on any atom is 0.187 e. The van der Waals surface area contributed by atoms with E-state index < -0.39 is 0 Å². The van der Waals surface area contributed by atoms with Crippen molar-refractivity contribution < 1.29 is 20.1 Å². The monoisotopic (exact) mass is 392 g/mol. The first-order chi connectivity index (χ1) is 7.11. The van der Waals surface area contributed by atoms with Gasteiger partial charge in [0.25, 0.3) is 0 Å². The van der Waals surface area contributed by atoms with Crippen LogP contribution >= 0.6 is 0 Å². The number of para-hydroxylation sites is 1. The molecule has 87 valence electrons. The standard InChI is InChI=1S/C14H17N.Ir/c1-13-8-9-14(2,10-13)15(11-13)12-6-4-3-5-7-12;/h3-6,11H,8-10H2,1-2H3;. The Morgan fingerprint density at radius 3 is 2.62 bits per heavy atom. The fraction of sp³-hybridized carbons (Fsp3) is 0.500. The van der Waals surface area contributed by atoms with Crippen molar-refractivity contribution in [2.75, 3.05) is 4.90 Å². The summed E-state index contributed by atoms with van der Waals surface area (Å²) in [5.41, 5.74) is 1.99. The van der Waals surface area contributed by atoms with Crippen molar-refractivity contribution >= 4 is 5.69 Å². The Bertz CT molecular complexity index is 378. The maximum absolute atomic E-state index is 3.33. The van der Waals surface area contributed by atoms with Gasteiger partial charge >= 0.3 is 0 Å². The summed E-state index contributed by atoms with van der Waals surface area (Å²) in [6.07, 6.45) is 3.94. The summed E-state index contributed by atoms with van der Waals surface area (Å²) in [6, 6.07) is 11.6. The molecule has 2 unspecified atom stereocenters. The zero-order valence-electron chi connectivity index (χ0n) is 9.79. The first-order valence-electron chi connectivity index (χ1n) is 5.74. The second kappa shape index (κ2) is 3.78. The topological polar surface area (TPSA) is 3.24 Å². The van der Waals surface area contributed by atoms with E-state index in [0.29, 0.717) is 11.0 Å². The molecule has 0 spiro atoms. The molecule has 1 radical (unpaired) electrons. The molecule has 1 nitrogen and oxygen atoms in total. The van der Waals surface area contributed by atoms with Gasteiger partial charge in [0.15, 0.2) is 6.54 Å². The maximum atomic E-state index is 3.33. The predicted molar refractivity (Wildman–Crippen MR) is 62.4 cm³/mol.